The van der Waals surface area contributed by atoms with Crippen LogP contribution >= 0.6 is 11.6 Å². The molecule has 0 radical (unpaired) electrons. The first-order valence-electron chi connectivity index (χ1n) is 34.2. The standard InChI is InChI=1S/C62H88ClO12Si.3C4H9.Sn/c1-13-32-66-56-44(5)58(75-76(11,12)60(7,8)9)59-57(43(4)45(6)62(74-59)31-23-33-69-62)71-51(56)37-55(72-54(64)38-63)70-49-36-53(68-41-48-28-21-16-22-29-48)61(10,73-50(49)35-42(2)3)52(67-40-47-26-19-15-20-27-47)30-34-65-39-46-24-17-14-18-25-46;3*1-3-4-2;/h13-22,24-29,32,43-45,49-53,55-59H,1-2,23,30-31,33-41H2,3-12H3;3*1,3-4H2,2H3;/b32-13+;;;;/t43-,44+,45-,49-,50+,51-,52+,53+,55?,56+,57+,58-,59+,61-,62+;;;;/m0..../s1. The molecule has 1 unspecified atom stereocenters. The van der Waals surface area contributed by atoms with Crippen molar-refractivity contribution in [3.8, 4) is 0 Å². The van der Waals surface area contributed by atoms with Crippen LogP contribution in [0.5, 0.6) is 0 Å². The number of rotatable bonds is 35. The van der Waals surface area contributed by atoms with Crippen molar-refractivity contribution in [2.75, 3.05) is 19.1 Å². The van der Waals surface area contributed by atoms with Crippen LogP contribution in [0.1, 0.15) is 170 Å². The molecule has 4 fully saturated rings. The second-order valence-corrected chi connectivity index (χ2v) is 47.5. The fourth-order valence-corrected chi connectivity index (χ4v) is 30.4. The van der Waals surface area contributed by atoms with Crippen LogP contribution in [0.4, 0.5) is 0 Å². The summed E-state index contributed by atoms with van der Waals surface area (Å²) in [5.74, 6) is -2.01. The van der Waals surface area contributed by atoms with Crippen molar-refractivity contribution in [3.05, 3.63) is 132 Å². The van der Waals surface area contributed by atoms with Crippen molar-refractivity contribution < 1.29 is 56.6 Å². The van der Waals surface area contributed by atoms with Gasteiger partial charge in [-0.2, -0.15) is 0 Å². The van der Waals surface area contributed by atoms with E-state index in [0.717, 1.165) is 39.5 Å². The number of alkyl halides is 1. The van der Waals surface area contributed by atoms with E-state index in [1.807, 2.05) is 67.8 Å². The number of unbranched alkanes of at least 4 members (excludes halogenated alkanes) is 3. The molecule has 498 valence electrons. The molecule has 0 saturated carbocycles. The number of benzene rings is 3. The molecule has 0 bridgehead atoms. The Kier molecular flexibility index (Phi) is 29.2. The monoisotopic (exact) mass is 1380 g/mol. The fourth-order valence-electron chi connectivity index (χ4n) is 13.9. The van der Waals surface area contributed by atoms with E-state index in [9.17, 15) is 4.79 Å². The Morgan fingerprint density at radius 3 is 1.96 bits per heavy atom. The minimum atomic E-state index is -2.64. The molecule has 89 heavy (non-hydrogen) atoms. The zero-order valence-electron chi connectivity index (χ0n) is 56.9. The van der Waals surface area contributed by atoms with Gasteiger partial charge in [-0.3, -0.25) is 0 Å². The third-order valence-electron chi connectivity index (χ3n) is 20.5. The number of ether oxygens (including phenoxy) is 10. The number of allylic oxidation sites excluding steroid dienone is 1. The Labute approximate surface area is 547 Å². The van der Waals surface area contributed by atoms with Crippen molar-refractivity contribution >= 4 is 44.3 Å². The number of carbonyl (C=O) groups is 1. The zero-order chi connectivity index (χ0) is 64.2. The molecule has 3 aromatic rings. The Morgan fingerprint density at radius 2 is 1.40 bits per heavy atom. The average molecular weight is 1380 g/mol. The van der Waals surface area contributed by atoms with E-state index >= 15 is 0 Å². The van der Waals surface area contributed by atoms with E-state index in [2.05, 4.69) is 131 Å². The van der Waals surface area contributed by atoms with Gasteiger partial charge in [-0.15, -0.1) is 6.58 Å². The Hall–Kier alpha value is -2.64. The van der Waals surface area contributed by atoms with Gasteiger partial charge in [-0.25, -0.2) is 0 Å². The van der Waals surface area contributed by atoms with Gasteiger partial charge in [0.15, 0.2) is 0 Å². The van der Waals surface area contributed by atoms with Crippen LogP contribution in [0.3, 0.4) is 0 Å². The summed E-state index contributed by atoms with van der Waals surface area (Å²) in [7, 11) is -2.49. The predicted molar refractivity (Wildman–Crippen MR) is 363 cm³/mol. The molecule has 0 aromatic heterocycles. The van der Waals surface area contributed by atoms with E-state index < -0.39 is 105 Å². The van der Waals surface area contributed by atoms with Crippen molar-refractivity contribution in [3.63, 3.8) is 0 Å². The first-order valence-corrected chi connectivity index (χ1v) is 45.7. The second kappa shape index (κ2) is 35.2. The number of hydrogen-bond donors (Lipinski definition) is 0. The summed E-state index contributed by atoms with van der Waals surface area (Å²) in [6.07, 6.45) is 9.06. The molecule has 0 N–H and O–H groups in total. The average Bonchev–Trinajstić information content (AvgIpc) is 2.07. The summed E-state index contributed by atoms with van der Waals surface area (Å²) in [5, 5.41) is -0.105. The van der Waals surface area contributed by atoms with Crippen molar-refractivity contribution in [1.29, 1.82) is 0 Å². The number of esters is 1. The van der Waals surface area contributed by atoms with E-state index in [1.165, 1.54) is 51.8 Å². The summed E-state index contributed by atoms with van der Waals surface area (Å²) in [6.45, 7) is 36.0. The third kappa shape index (κ3) is 20.4. The fraction of sp³-hybridized carbons (Fsp3) is 0.689. The van der Waals surface area contributed by atoms with E-state index in [4.69, 9.17) is 63.4 Å². The van der Waals surface area contributed by atoms with E-state index in [-0.39, 0.29) is 35.1 Å². The molecule has 4 aliphatic heterocycles. The van der Waals surface area contributed by atoms with Crippen LogP contribution in [-0.2, 0) is 76.4 Å². The van der Waals surface area contributed by atoms with Crippen molar-refractivity contribution in [2.24, 2.45) is 17.8 Å². The SMILES string of the molecule is C=C(C)C[C@H]1O[C@@](C)([C@@H](CCOCc2ccccc2)OCc2ccccc2)[C@H](OCc2ccccc2)C[C@@H]1OC(C[C@@H]1O[C@@H]2[C@@H](C)[C@H](C)[C@@]3(CCCO3)O[C@H]2[C@@H](O[Si](C)(C)C(C)(C)C)[C@H](C)[C@H]1O/C=C/[CH2][Sn]([CH2]CCC)([CH2]CCC)[CH2]CCC)OC(=O)CCl. The summed E-state index contributed by atoms with van der Waals surface area (Å²) in [5.41, 5.74) is 3.04. The molecule has 0 aliphatic carbocycles. The molecule has 15 atom stereocenters. The number of fused-ring (bicyclic) bond motifs is 1. The van der Waals surface area contributed by atoms with Crippen molar-refractivity contribution in [1.82, 2.24) is 0 Å². The third-order valence-corrected chi connectivity index (χ3v) is 40.4. The van der Waals surface area contributed by atoms with Crippen LogP contribution < -0.4 is 0 Å². The van der Waals surface area contributed by atoms with Crippen molar-refractivity contribution in [2.45, 2.75) is 282 Å². The molecule has 4 saturated heterocycles. The summed E-state index contributed by atoms with van der Waals surface area (Å²) < 4.78 is 84.3. The van der Waals surface area contributed by atoms with Gasteiger partial charge in [0.1, 0.15) is 5.60 Å². The molecule has 12 nitrogen and oxygen atoms in total. The van der Waals surface area contributed by atoms with Crippen LogP contribution in [0.15, 0.2) is 115 Å². The maximum atomic E-state index is 13.9. The molecule has 4 heterocycles. The maximum absolute atomic E-state index is 13.9. The molecule has 3 aromatic carbocycles. The molecule has 4 aliphatic rings. The normalized spacial score (nSPS) is 29.2. The first-order chi connectivity index (χ1) is 42.6. The summed E-state index contributed by atoms with van der Waals surface area (Å²) >= 11 is 3.78. The second-order valence-electron chi connectivity index (χ2n) is 28.4. The number of carbonyl (C=O) groups excluding carboxylic acids is 1. The Morgan fingerprint density at radius 1 is 0.809 bits per heavy atom. The molecule has 0 amide bonds. The van der Waals surface area contributed by atoms with Crippen LogP contribution in [-0.4, -0.2) is 124 Å². The molecule has 7 rings (SSSR count). The first kappa shape index (κ1) is 73.8. The van der Waals surface area contributed by atoms with Crippen LogP contribution in [0, 0.1) is 17.8 Å². The number of halogens is 1. The van der Waals surface area contributed by atoms with Gasteiger partial charge >= 0.3 is 359 Å². The molecule has 15 heteroatoms. The summed E-state index contributed by atoms with van der Waals surface area (Å²) in [4.78, 5) is 13.9. The Bertz CT molecular complexity index is 2540. The van der Waals surface area contributed by atoms with Gasteiger partial charge in [0, 0.05) is 6.61 Å². The molecular formula is C74H115ClO12SiSn. The Balaban J connectivity index is 1.29. The summed E-state index contributed by atoms with van der Waals surface area (Å²) in [6, 6.07) is 30.6. The molecular weight excluding hydrogens is 1260 g/mol. The zero-order valence-corrected chi connectivity index (χ0v) is 61.5. The van der Waals surface area contributed by atoms with Crippen LogP contribution in [0.2, 0.25) is 35.9 Å². The van der Waals surface area contributed by atoms with Gasteiger partial charge in [0.05, 0.1) is 25.9 Å². The number of hydrogen-bond acceptors (Lipinski definition) is 12. The van der Waals surface area contributed by atoms with Crippen LogP contribution in [0.25, 0.3) is 0 Å². The topological polar surface area (TPSA) is 119 Å². The van der Waals surface area contributed by atoms with E-state index in [1.54, 1.807) is 0 Å². The van der Waals surface area contributed by atoms with Gasteiger partial charge in [-0.1, -0.05) is 96.6 Å². The molecule has 1 spiro atoms. The quantitative estimate of drug-likeness (QED) is 0.0106. The van der Waals surface area contributed by atoms with Gasteiger partial charge in [0.25, 0.3) is 0 Å². The van der Waals surface area contributed by atoms with Gasteiger partial charge in [0.2, 0.25) is 0 Å². The minimum absolute atomic E-state index is 0.00420. The predicted octanol–water partition coefficient (Wildman–Crippen LogP) is 17.9. The van der Waals surface area contributed by atoms with E-state index in [0.29, 0.717) is 52.3 Å². The van der Waals surface area contributed by atoms with Gasteiger partial charge < -0.3 is 14.2 Å². The van der Waals surface area contributed by atoms with Gasteiger partial charge in [-0.05, 0) is 37.0 Å².